The number of fused-ring (bicyclic) bond motifs is 1. The number of para-hydroxylation sites is 1. The maximum atomic E-state index is 12.6. The summed E-state index contributed by atoms with van der Waals surface area (Å²) >= 11 is 1.88. The summed E-state index contributed by atoms with van der Waals surface area (Å²) in [7, 11) is 0. The van der Waals surface area contributed by atoms with Gasteiger partial charge in [0.2, 0.25) is 5.91 Å². The molecule has 0 bridgehead atoms. The number of hydrogen-bond donors (Lipinski definition) is 1. The van der Waals surface area contributed by atoms with Crippen LogP contribution in [0, 0.1) is 0 Å². The molecular weight excluding hydrogens is 342 g/mol. The molecule has 26 heavy (non-hydrogen) atoms. The number of benzene rings is 2. The molecule has 0 aliphatic carbocycles. The normalized spacial score (nSPS) is 16.9. The molecule has 0 unspecified atom stereocenters. The van der Waals surface area contributed by atoms with Crippen molar-refractivity contribution in [3.8, 4) is 0 Å². The fourth-order valence-electron chi connectivity index (χ4n) is 3.67. The van der Waals surface area contributed by atoms with Gasteiger partial charge in [0.05, 0.1) is 12.2 Å². The minimum atomic E-state index is 0.0422. The van der Waals surface area contributed by atoms with Crippen molar-refractivity contribution in [2.75, 3.05) is 47.0 Å². The summed E-state index contributed by atoms with van der Waals surface area (Å²) in [4.78, 5) is 18.4. The number of nitrogens with one attached hydrogen (secondary N) is 1. The lowest BCUT2D eigenvalue weighted by atomic mass is 10.2. The quantitative estimate of drug-likeness (QED) is 0.877. The van der Waals surface area contributed by atoms with Gasteiger partial charge in [0.1, 0.15) is 0 Å². The Balaban J connectivity index is 1.39. The molecule has 2 aromatic carbocycles. The van der Waals surface area contributed by atoms with Crippen LogP contribution in [0.4, 0.5) is 17.1 Å². The van der Waals surface area contributed by atoms with E-state index in [0.29, 0.717) is 6.54 Å². The number of carbonyl (C=O) groups excluding carboxylic acids is 1. The van der Waals surface area contributed by atoms with Crippen LogP contribution in [0.25, 0.3) is 0 Å². The van der Waals surface area contributed by atoms with Crippen molar-refractivity contribution in [1.29, 1.82) is 0 Å². The Kier molecular flexibility index (Phi) is 5.34. The fourth-order valence-corrected chi connectivity index (χ4v) is 4.68. The van der Waals surface area contributed by atoms with Crippen molar-refractivity contribution in [2.24, 2.45) is 0 Å². The molecule has 0 atom stereocenters. The third-order valence-corrected chi connectivity index (χ3v) is 6.14. The summed E-state index contributed by atoms with van der Waals surface area (Å²) in [6.07, 6.45) is 3.64. The number of nitrogens with zero attached hydrogens (tertiary/aromatic N) is 2. The minimum absolute atomic E-state index is 0.0422. The summed E-state index contributed by atoms with van der Waals surface area (Å²) in [5, 5.41) is 3.05. The Morgan fingerprint density at radius 1 is 0.962 bits per heavy atom. The summed E-state index contributed by atoms with van der Waals surface area (Å²) in [5.74, 6) is 1.15. The lowest BCUT2D eigenvalue weighted by Gasteiger charge is -2.24. The van der Waals surface area contributed by atoms with Crippen LogP contribution in [0.3, 0.4) is 0 Å². The zero-order chi connectivity index (χ0) is 17.8. The molecule has 5 heteroatoms. The van der Waals surface area contributed by atoms with Crippen LogP contribution in [0.15, 0.2) is 53.4 Å². The predicted octanol–water partition coefficient (Wildman–Crippen LogP) is 4.23. The molecule has 1 fully saturated rings. The lowest BCUT2D eigenvalue weighted by Crippen LogP contribution is -2.34. The molecule has 1 saturated heterocycles. The molecule has 0 spiro atoms. The number of hydrogen-bond acceptors (Lipinski definition) is 4. The second-order valence-corrected chi connectivity index (χ2v) is 8.02. The Bertz CT molecular complexity index is 756. The molecule has 1 amide bonds. The SMILES string of the molecule is O=C(CN1CCCSc2ccccc21)Nc1ccc(N2CCCC2)cc1. The van der Waals surface area contributed by atoms with Gasteiger partial charge in [0.15, 0.2) is 0 Å². The van der Waals surface area contributed by atoms with Gasteiger partial charge in [0.25, 0.3) is 0 Å². The highest BCUT2D eigenvalue weighted by atomic mass is 32.2. The van der Waals surface area contributed by atoms with Gasteiger partial charge in [-0.25, -0.2) is 0 Å². The van der Waals surface area contributed by atoms with Crippen molar-refractivity contribution in [3.63, 3.8) is 0 Å². The summed E-state index contributed by atoms with van der Waals surface area (Å²) < 4.78 is 0. The van der Waals surface area contributed by atoms with Gasteiger partial charge in [-0.15, -0.1) is 11.8 Å². The van der Waals surface area contributed by atoms with E-state index in [1.165, 1.54) is 29.1 Å². The first-order valence-corrected chi connectivity index (χ1v) is 10.4. The average Bonchev–Trinajstić information content (AvgIpc) is 3.12. The van der Waals surface area contributed by atoms with E-state index in [2.05, 4.69) is 45.4 Å². The maximum Gasteiger partial charge on any atom is 0.243 e. The molecule has 0 aromatic heterocycles. The average molecular weight is 368 g/mol. The van der Waals surface area contributed by atoms with Gasteiger partial charge >= 0.3 is 0 Å². The zero-order valence-electron chi connectivity index (χ0n) is 15.0. The minimum Gasteiger partial charge on any atom is -0.372 e. The second-order valence-electron chi connectivity index (χ2n) is 6.88. The maximum absolute atomic E-state index is 12.6. The fraction of sp³-hybridized carbons (Fsp3) is 0.381. The third-order valence-electron chi connectivity index (χ3n) is 4.99. The predicted molar refractivity (Wildman–Crippen MR) is 111 cm³/mol. The molecule has 4 rings (SSSR count). The number of rotatable bonds is 4. The summed E-state index contributed by atoms with van der Waals surface area (Å²) in [5.41, 5.74) is 3.30. The standard InChI is InChI=1S/C21H25N3OS/c25-21(16-24-14-5-15-26-20-7-2-1-6-19(20)24)22-17-8-10-18(11-9-17)23-12-3-4-13-23/h1-2,6-11H,3-5,12-16H2,(H,22,25). The first-order chi connectivity index (χ1) is 12.8. The van der Waals surface area contributed by atoms with Crippen LogP contribution in [-0.4, -0.2) is 37.8 Å². The molecule has 2 heterocycles. The van der Waals surface area contributed by atoms with Crippen LogP contribution >= 0.6 is 11.8 Å². The number of carbonyl (C=O) groups is 1. The Morgan fingerprint density at radius 2 is 1.73 bits per heavy atom. The van der Waals surface area contributed by atoms with Crippen molar-refractivity contribution in [3.05, 3.63) is 48.5 Å². The molecule has 0 saturated carbocycles. The monoisotopic (exact) mass is 367 g/mol. The van der Waals surface area contributed by atoms with Crippen LogP contribution in [-0.2, 0) is 4.79 Å². The Morgan fingerprint density at radius 3 is 2.54 bits per heavy atom. The lowest BCUT2D eigenvalue weighted by molar-refractivity contribution is -0.115. The third kappa shape index (κ3) is 3.98. The summed E-state index contributed by atoms with van der Waals surface area (Å²) in [6, 6.07) is 16.6. The zero-order valence-corrected chi connectivity index (χ0v) is 15.8. The highest BCUT2D eigenvalue weighted by Gasteiger charge is 2.18. The van der Waals surface area contributed by atoms with Crippen LogP contribution in [0.5, 0.6) is 0 Å². The molecule has 136 valence electrons. The van der Waals surface area contributed by atoms with Gasteiger partial charge in [-0.05, 0) is 61.4 Å². The van der Waals surface area contributed by atoms with E-state index in [0.717, 1.165) is 37.5 Å². The van der Waals surface area contributed by atoms with E-state index in [9.17, 15) is 4.79 Å². The van der Waals surface area contributed by atoms with Crippen molar-refractivity contribution < 1.29 is 4.79 Å². The second kappa shape index (κ2) is 8.04. The van der Waals surface area contributed by atoms with Gasteiger partial charge < -0.3 is 15.1 Å². The highest BCUT2D eigenvalue weighted by Crippen LogP contribution is 2.33. The van der Waals surface area contributed by atoms with E-state index in [1.54, 1.807) is 0 Å². The molecule has 1 N–H and O–H groups in total. The molecule has 2 aliphatic heterocycles. The van der Waals surface area contributed by atoms with Crippen molar-refractivity contribution >= 4 is 34.7 Å². The number of thioether (sulfide) groups is 1. The van der Waals surface area contributed by atoms with Crippen LogP contribution in [0.1, 0.15) is 19.3 Å². The molecule has 4 nitrogen and oxygen atoms in total. The Hall–Kier alpha value is -2.14. The molecule has 2 aliphatic rings. The molecular formula is C21H25N3OS. The van der Waals surface area contributed by atoms with Crippen LogP contribution in [0.2, 0.25) is 0 Å². The smallest absolute Gasteiger partial charge is 0.243 e. The molecule has 2 aromatic rings. The van der Waals surface area contributed by atoms with E-state index < -0.39 is 0 Å². The first kappa shape index (κ1) is 17.3. The van der Waals surface area contributed by atoms with Gasteiger partial charge in [-0.2, -0.15) is 0 Å². The van der Waals surface area contributed by atoms with E-state index >= 15 is 0 Å². The van der Waals surface area contributed by atoms with E-state index in [4.69, 9.17) is 0 Å². The summed E-state index contributed by atoms with van der Waals surface area (Å²) in [6.45, 7) is 3.59. The number of amides is 1. The van der Waals surface area contributed by atoms with Crippen LogP contribution < -0.4 is 15.1 Å². The van der Waals surface area contributed by atoms with E-state index in [1.807, 2.05) is 30.0 Å². The van der Waals surface area contributed by atoms with Crippen molar-refractivity contribution in [2.45, 2.75) is 24.2 Å². The van der Waals surface area contributed by atoms with Gasteiger partial charge in [0, 0.05) is 35.9 Å². The highest BCUT2D eigenvalue weighted by molar-refractivity contribution is 7.99. The largest absolute Gasteiger partial charge is 0.372 e. The Labute approximate surface area is 159 Å². The van der Waals surface area contributed by atoms with E-state index in [-0.39, 0.29) is 5.91 Å². The topological polar surface area (TPSA) is 35.6 Å². The first-order valence-electron chi connectivity index (χ1n) is 9.41. The number of anilines is 3. The van der Waals surface area contributed by atoms with Gasteiger partial charge in [-0.3, -0.25) is 4.79 Å². The van der Waals surface area contributed by atoms with Gasteiger partial charge in [-0.1, -0.05) is 12.1 Å². The van der Waals surface area contributed by atoms with Crippen molar-refractivity contribution in [1.82, 2.24) is 0 Å². The molecule has 0 radical (unpaired) electrons.